The summed E-state index contributed by atoms with van der Waals surface area (Å²) in [5, 5.41) is 1.50. The van der Waals surface area contributed by atoms with E-state index in [0.717, 1.165) is 5.39 Å². The first-order valence-corrected chi connectivity index (χ1v) is 6.56. The van der Waals surface area contributed by atoms with Gasteiger partial charge >= 0.3 is 0 Å². The molecule has 4 nitrogen and oxygen atoms in total. The summed E-state index contributed by atoms with van der Waals surface area (Å²) in [5.41, 5.74) is 1.10. The van der Waals surface area contributed by atoms with E-state index in [4.69, 9.17) is 16.3 Å². The minimum Gasteiger partial charge on any atom is -0.378 e. The predicted octanol–water partition coefficient (Wildman–Crippen LogP) is 2.36. The molecule has 0 atom stereocenters. The van der Waals surface area contributed by atoms with E-state index in [0.29, 0.717) is 42.5 Å². The second-order valence-corrected chi connectivity index (χ2v) is 4.82. The normalized spacial score (nSPS) is 15.7. The number of halogens is 1. The Balaban J connectivity index is 1.96. The van der Waals surface area contributed by atoms with Crippen molar-refractivity contribution in [2.45, 2.75) is 0 Å². The van der Waals surface area contributed by atoms with Crippen molar-refractivity contribution in [1.82, 2.24) is 9.88 Å². The molecule has 0 radical (unpaired) electrons. The summed E-state index contributed by atoms with van der Waals surface area (Å²) in [6.07, 6.45) is 0. The molecule has 1 amide bonds. The van der Waals surface area contributed by atoms with E-state index in [-0.39, 0.29) is 5.91 Å². The molecule has 0 aliphatic carbocycles. The molecule has 5 heteroatoms. The van der Waals surface area contributed by atoms with Crippen LogP contribution in [0.15, 0.2) is 30.3 Å². The van der Waals surface area contributed by atoms with Crippen molar-refractivity contribution in [2.75, 3.05) is 26.3 Å². The molecule has 1 fully saturated rings. The Kier molecular flexibility index (Phi) is 3.36. The number of nitrogens with zero attached hydrogens (tertiary/aromatic N) is 2. The summed E-state index contributed by atoms with van der Waals surface area (Å²) in [6.45, 7) is 2.39. The quantitative estimate of drug-likeness (QED) is 0.803. The van der Waals surface area contributed by atoms with E-state index in [1.807, 2.05) is 18.2 Å². The zero-order valence-electron chi connectivity index (χ0n) is 10.3. The topological polar surface area (TPSA) is 42.4 Å². The number of benzene rings is 1. The highest BCUT2D eigenvalue weighted by Crippen LogP contribution is 2.22. The van der Waals surface area contributed by atoms with Gasteiger partial charge in [0.2, 0.25) is 0 Å². The van der Waals surface area contributed by atoms with E-state index >= 15 is 0 Å². The summed E-state index contributed by atoms with van der Waals surface area (Å²) < 4.78 is 5.24. The van der Waals surface area contributed by atoms with E-state index in [2.05, 4.69) is 4.98 Å². The SMILES string of the molecule is O=C(c1ccc2cccc(Cl)c2n1)N1CCOCC1. The van der Waals surface area contributed by atoms with Crippen LogP contribution in [-0.2, 0) is 4.74 Å². The fourth-order valence-corrected chi connectivity index (χ4v) is 2.38. The lowest BCUT2D eigenvalue weighted by Gasteiger charge is -2.26. The number of aromatic nitrogens is 1. The highest BCUT2D eigenvalue weighted by Gasteiger charge is 2.19. The predicted molar refractivity (Wildman–Crippen MR) is 73.5 cm³/mol. The van der Waals surface area contributed by atoms with Gasteiger partial charge in [-0.25, -0.2) is 4.98 Å². The van der Waals surface area contributed by atoms with E-state index < -0.39 is 0 Å². The molecule has 1 aliphatic rings. The maximum absolute atomic E-state index is 12.3. The van der Waals surface area contributed by atoms with Crippen molar-refractivity contribution in [3.05, 3.63) is 41.0 Å². The number of hydrogen-bond acceptors (Lipinski definition) is 3. The zero-order chi connectivity index (χ0) is 13.2. The van der Waals surface area contributed by atoms with Crippen LogP contribution in [0.3, 0.4) is 0 Å². The van der Waals surface area contributed by atoms with Gasteiger partial charge in [-0.2, -0.15) is 0 Å². The molecular formula is C14H13ClN2O2. The number of para-hydroxylation sites is 1. The summed E-state index contributed by atoms with van der Waals surface area (Å²) in [7, 11) is 0. The Morgan fingerprint density at radius 2 is 2.00 bits per heavy atom. The Hall–Kier alpha value is -1.65. The molecule has 2 aromatic rings. The van der Waals surface area contributed by atoms with Gasteiger partial charge in [-0.1, -0.05) is 29.8 Å². The largest absolute Gasteiger partial charge is 0.378 e. The average molecular weight is 277 g/mol. The van der Waals surface area contributed by atoms with Crippen LogP contribution in [0.2, 0.25) is 5.02 Å². The molecule has 1 aromatic heterocycles. The summed E-state index contributed by atoms with van der Waals surface area (Å²) in [6, 6.07) is 9.20. The fraction of sp³-hybridized carbons (Fsp3) is 0.286. The van der Waals surface area contributed by atoms with Crippen LogP contribution < -0.4 is 0 Å². The third-order valence-electron chi connectivity index (χ3n) is 3.19. The second-order valence-electron chi connectivity index (χ2n) is 4.41. The van der Waals surface area contributed by atoms with Crippen LogP contribution in [-0.4, -0.2) is 42.1 Å². The van der Waals surface area contributed by atoms with E-state index in [1.165, 1.54) is 0 Å². The van der Waals surface area contributed by atoms with Crippen molar-refractivity contribution in [3.63, 3.8) is 0 Å². The summed E-state index contributed by atoms with van der Waals surface area (Å²) >= 11 is 6.11. The van der Waals surface area contributed by atoms with Crippen molar-refractivity contribution in [2.24, 2.45) is 0 Å². The molecule has 0 bridgehead atoms. The van der Waals surface area contributed by atoms with Crippen molar-refractivity contribution >= 4 is 28.4 Å². The van der Waals surface area contributed by atoms with Crippen LogP contribution >= 0.6 is 11.6 Å². The third kappa shape index (κ3) is 2.41. The van der Waals surface area contributed by atoms with Crippen molar-refractivity contribution in [1.29, 1.82) is 0 Å². The molecule has 0 unspecified atom stereocenters. The smallest absolute Gasteiger partial charge is 0.272 e. The van der Waals surface area contributed by atoms with Crippen LogP contribution in [0.5, 0.6) is 0 Å². The second kappa shape index (κ2) is 5.15. The molecule has 1 aromatic carbocycles. The number of rotatable bonds is 1. The van der Waals surface area contributed by atoms with Crippen molar-refractivity contribution < 1.29 is 9.53 Å². The van der Waals surface area contributed by atoms with Gasteiger partial charge in [-0.15, -0.1) is 0 Å². The van der Waals surface area contributed by atoms with Gasteiger partial charge in [0.15, 0.2) is 0 Å². The Bertz CT molecular complexity index is 624. The Morgan fingerprint density at radius 3 is 2.79 bits per heavy atom. The molecule has 19 heavy (non-hydrogen) atoms. The molecule has 0 saturated carbocycles. The highest BCUT2D eigenvalue weighted by atomic mass is 35.5. The van der Waals surface area contributed by atoms with Gasteiger partial charge < -0.3 is 9.64 Å². The minimum atomic E-state index is -0.0647. The molecular weight excluding hydrogens is 264 g/mol. The number of morpholine rings is 1. The first-order chi connectivity index (χ1) is 9.25. The number of amides is 1. The molecule has 1 saturated heterocycles. The molecule has 1 aliphatic heterocycles. The number of ether oxygens (including phenoxy) is 1. The van der Waals surface area contributed by atoms with Gasteiger partial charge in [0.25, 0.3) is 5.91 Å². The lowest BCUT2D eigenvalue weighted by Crippen LogP contribution is -2.41. The molecule has 98 valence electrons. The molecule has 0 spiro atoms. The maximum atomic E-state index is 12.3. The highest BCUT2D eigenvalue weighted by molar-refractivity contribution is 6.35. The molecule has 0 N–H and O–H groups in total. The number of carbonyl (C=O) groups is 1. The third-order valence-corrected chi connectivity index (χ3v) is 3.49. The Morgan fingerprint density at radius 1 is 1.21 bits per heavy atom. The lowest BCUT2D eigenvalue weighted by molar-refractivity contribution is 0.0299. The fourth-order valence-electron chi connectivity index (χ4n) is 2.16. The van der Waals surface area contributed by atoms with Gasteiger partial charge in [0.05, 0.1) is 23.8 Å². The van der Waals surface area contributed by atoms with Gasteiger partial charge in [0, 0.05) is 18.5 Å². The monoisotopic (exact) mass is 276 g/mol. The zero-order valence-corrected chi connectivity index (χ0v) is 11.1. The summed E-state index contributed by atoms with van der Waals surface area (Å²) in [4.78, 5) is 18.5. The number of fused-ring (bicyclic) bond motifs is 1. The lowest BCUT2D eigenvalue weighted by atomic mass is 10.2. The van der Waals surface area contributed by atoms with Crippen LogP contribution in [0.4, 0.5) is 0 Å². The standard InChI is InChI=1S/C14H13ClN2O2/c15-11-3-1-2-10-4-5-12(16-13(10)11)14(18)17-6-8-19-9-7-17/h1-5H,6-9H2. The van der Waals surface area contributed by atoms with Gasteiger partial charge in [-0.05, 0) is 12.1 Å². The van der Waals surface area contributed by atoms with Crippen LogP contribution in [0, 0.1) is 0 Å². The summed E-state index contributed by atoms with van der Waals surface area (Å²) in [5.74, 6) is -0.0647. The van der Waals surface area contributed by atoms with Crippen molar-refractivity contribution in [3.8, 4) is 0 Å². The van der Waals surface area contributed by atoms with Crippen LogP contribution in [0.25, 0.3) is 10.9 Å². The number of carbonyl (C=O) groups excluding carboxylic acids is 1. The average Bonchev–Trinajstić information content (AvgIpc) is 2.47. The van der Waals surface area contributed by atoms with Gasteiger partial charge in [-0.3, -0.25) is 4.79 Å². The van der Waals surface area contributed by atoms with Gasteiger partial charge in [0.1, 0.15) is 5.69 Å². The Labute approximate surface area is 115 Å². The first kappa shape index (κ1) is 12.4. The van der Waals surface area contributed by atoms with E-state index in [1.54, 1.807) is 17.0 Å². The van der Waals surface area contributed by atoms with Crippen LogP contribution in [0.1, 0.15) is 10.5 Å². The maximum Gasteiger partial charge on any atom is 0.272 e. The minimum absolute atomic E-state index is 0.0647. The first-order valence-electron chi connectivity index (χ1n) is 6.18. The van der Waals surface area contributed by atoms with E-state index in [9.17, 15) is 4.79 Å². The number of pyridine rings is 1. The molecule has 2 heterocycles. The molecule has 3 rings (SSSR count). The number of hydrogen-bond donors (Lipinski definition) is 0.